The van der Waals surface area contributed by atoms with Crippen molar-refractivity contribution in [1.29, 1.82) is 0 Å². The smallest absolute Gasteiger partial charge is 0.324 e. The van der Waals surface area contributed by atoms with E-state index >= 15 is 0 Å². The Morgan fingerprint density at radius 3 is 2.80 bits per heavy atom. The van der Waals surface area contributed by atoms with E-state index < -0.39 is 30.8 Å². The van der Waals surface area contributed by atoms with Crippen molar-refractivity contribution in [3.8, 4) is 0 Å². The molecule has 1 aromatic carbocycles. The van der Waals surface area contributed by atoms with Crippen LogP contribution in [0.2, 0.25) is 0 Å². The molecular weight excluding hydrogens is 276 g/mol. The van der Waals surface area contributed by atoms with Crippen molar-refractivity contribution in [1.82, 2.24) is 5.32 Å². The minimum Gasteiger partial charge on any atom is -0.373 e. The van der Waals surface area contributed by atoms with E-state index in [0.29, 0.717) is 12.8 Å². The van der Waals surface area contributed by atoms with Crippen LogP contribution in [-0.4, -0.2) is 30.8 Å². The van der Waals surface area contributed by atoms with Gasteiger partial charge >= 0.3 is 12.3 Å². The summed E-state index contributed by atoms with van der Waals surface area (Å²) in [6, 6.07) is 6.66. The summed E-state index contributed by atoms with van der Waals surface area (Å²) in [5.41, 5.74) is 1.80. The average Bonchev–Trinajstić information content (AvgIpc) is 2.44. The van der Waals surface area contributed by atoms with Crippen molar-refractivity contribution in [3.63, 3.8) is 0 Å². The summed E-state index contributed by atoms with van der Waals surface area (Å²) in [5.74, 6) is -4.90. The highest BCUT2D eigenvalue weighted by Crippen LogP contribution is 2.25. The molecule has 0 radical (unpaired) electrons. The van der Waals surface area contributed by atoms with Gasteiger partial charge in [-0.1, -0.05) is 18.2 Å². The maximum absolute atomic E-state index is 12.7. The van der Waals surface area contributed by atoms with Gasteiger partial charge in [0.1, 0.15) is 6.04 Å². The van der Waals surface area contributed by atoms with Crippen LogP contribution in [0, 0.1) is 0 Å². The first-order valence-electron chi connectivity index (χ1n) is 6.18. The van der Waals surface area contributed by atoms with E-state index in [2.05, 4.69) is 5.32 Å². The Hall–Kier alpha value is -1.79. The van der Waals surface area contributed by atoms with Crippen LogP contribution >= 0.6 is 0 Å². The molecule has 0 aromatic heterocycles. The number of hydrogen-bond donors (Lipinski definition) is 2. The molecule has 1 atom stereocenters. The molecule has 1 aliphatic rings. The van der Waals surface area contributed by atoms with Crippen LogP contribution in [0.1, 0.15) is 12.0 Å². The topological polar surface area (TPSA) is 41.1 Å². The minimum absolute atomic E-state index is 0.434. The molecule has 20 heavy (non-hydrogen) atoms. The van der Waals surface area contributed by atoms with Gasteiger partial charge in [-0.15, -0.1) is 0 Å². The summed E-state index contributed by atoms with van der Waals surface area (Å²) in [6.45, 7) is -1.36. The number of carbonyl (C=O) groups is 1. The van der Waals surface area contributed by atoms with Crippen molar-refractivity contribution in [2.75, 3.05) is 11.9 Å². The number of fused-ring (bicyclic) bond motifs is 1. The predicted molar refractivity (Wildman–Crippen MR) is 66.1 cm³/mol. The third-order valence-corrected chi connectivity index (χ3v) is 3.18. The van der Waals surface area contributed by atoms with Crippen molar-refractivity contribution in [2.24, 2.45) is 0 Å². The molecule has 1 amide bonds. The molecule has 1 aliphatic heterocycles. The second kappa shape index (κ2) is 5.68. The van der Waals surface area contributed by atoms with Crippen molar-refractivity contribution in [2.45, 2.75) is 31.2 Å². The fourth-order valence-electron chi connectivity index (χ4n) is 2.04. The maximum atomic E-state index is 12.7. The molecule has 1 unspecified atom stereocenters. The highest BCUT2D eigenvalue weighted by Gasteiger charge is 2.41. The lowest BCUT2D eigenvalue weighted by Gasteiger charge is -2.26. The van der Waals surface area contributed by atoms with Crippen LogP contribution in [0.3, 0.4) is 0 Å². The summed E-state index contributed by atoms with van der Waals surface area (Å²) in [5, 5.41) is 4.79. The quantitative estimate of drug-likeness (QED) is 0.836. The maximum Gasteiger partial charge on any atom is 0.324 e. The van der Waals surface area contributed by atoms with Gasteiger partial charge in [-0.3, -0.25) is 4.79 Å². The zero-order valence-electron chi connectivity index (χ0n) is 10.5. The molecule has 110 valence electrons. The molecule has 1 aromatic rings. The normalized spacial score (nSPS) is 18.4. The zero-order valence-corrected chi connectivity index (χ0v) is 10.5. The lowest BCUT2D eigenvalue weighted by Crippen LogP contribution is -2.47. The van der Waals surface area contributed by atoms with Gasteiger partial charge in [0.25, 0.3) is 0 Å². The minimum atomic E-state index is -4.21. The highest BCUT2D eigenvalue weighted by molar-refractivity contribution is 5.85. The Bertz CT molecular complexity index is 493. The number of carbonyl (C=O) groups excluding carboxylic acids is 1. The van der Waals surface area contributed by atoms with E-state index in [4.69, 9.17) is 0 Å². The number of amides is 1. The van der Waals surface area contributed by atoms with Crippen molar-refractivity contribution < 1.29 is 22.4 Å². The first-order valence-corrected chi connectivity index (χ1v) is 6.18. The molecule has 7 heteroatoms. The second-order valence-corrected chi connectivity index (χ2v) is 4.67. The van der Waals surface area contributed by atoms with E-state index in [9.17, 15) is 22.4 Å². The summed E-state index contributed by atoms with van der Waals surface area (Å²) in [7, 11) is 0. The third kappa shape index (κ3) is 3.20. The molecule has 0 fully saturated rings. The number of hydrogen-bond acceptors (Lipinski definition) is 2. The summed E-state index contributed by atoms with van der Waals surface area (Å²) in [4.78, 5) is 11.7. The van der Waals surface area contributed by atoms with Crippen LogP contribution < -0.4 is 10.6 Å². The fourth-order valence-corrected chi connectivity index (χ4v) is 2.04. The summed E-state index contributed by atoms with van der Waals surface area (Å²) < 4.78 is 49.4. The number of anilines is 1. The summed E-state index contributed by atoms with van der Waals surface area (Å²) in [6.07, 6.45) is -2.72. The number of halogens is 4. The summed E-state index contributed by atoms with van der Waals surface area (Å²) >= 11 is 0. The number of benzene rings is 1. The Morgan fingerprint density at radius 1 is 1.40 bits per heavy atom. The Kier molecular flexibility index (Phi) is 4.15. The van der Waals surface area contributed by atoms with Crippen LogP contribution in [0.4, 0.5) is 23.2 Å². The van der Waals surface area contributed by atoms with Gasteiger partial charge < -0.3 is 10.6 Å². The molecule has 2 rings (SSSR count). The highest BCUT2D eigenvalue weighted by atomic mass is 19.3. The first-order chi connectivity index (χ1) is 9.40. The molecule has 0 spiro atoms. The van der Waals surface area contributed by atoms with Crippen LogP contribution in [0.5, 0.6) is 0 Å². The standard InChI is InChI=1S/C13H14F4N2O/c14-12(15)13(16,17)7-18-11(20)10-6-5-8-3-1-2-4-9(8)19-10/h1-4,10,12,19H,5-7H2,(H,18,20). The molecular formula is C13H14F4N2O. The van der Waals surface area contributed by atoms with Gasteiger partial charge in [0, 0.05) is 5.69 Å². The fraction of sp³-hybridized carbons (Fsp3) is 0.462. The first kappa shape index (κ1) is 14.6. The van der Waals surface area contributed by atoms with E-state index in [1.54, 1.807) is 12.1 Å². The SMILES string of the molecule is O=C(NCC(F)(F)C(F)F)C1CCc2ccccc2N1. The van der Waals surface area contributed by atoms with Crippen LogP contribution in [0.15, 0.2) is 24.3 Å². The van der Waals surface area contributed by atoms with E-state index in [0.717, 1.165) is 11.3 Å². The molecule has 2 N–H and O–H groups in total. The number of para-hydroxylation sites is 1. The number of rotatable bonds is 4. The lowest BCUT2D eigenvalue weighted by molar-refractivity contribution is -0.137. The zero-order chi connectivity index (χ0) is 14.8. The Morgan fingerprint density at radius 2 is 2.10 bits per heavy atom. The number of aryl methyl sites for hydroxylation is 1. The molecule has 0 saturated carbocycles. The van der Waals surface area contributed by atoms with Gasteiger partial charge in [0.15, 0.2) is 0 Å². The number of alkyl halides is 4. The van der Waals surface area contributed by atoms with Gasteiger partial charge in [-0.25, -0.2) is 8.78 Å². The van der Waals surface area contributed by atoms with Gasteiger partial charge in [-0.05, 0) is 24.5 Å². The van der Waals surface area contributed by atoms with E-state index in [1.807, 2.05) is 17.4 Å². The van der Waals surface area contributed by atoms with Gasteiger partial charge in [0.2, 0.25) is 5.91 Å². The third-order valence-electron chi connectivity index (χ3n) is 3.18. The monoisotopic (exact) mass is 290 g/mol. The second-order valence-electron chi connectivity index (χ2n) is 4.67. The van der Waals surface area contributed by atoms with Crippen LogP contribution in [0.25, 0.3) is 0 Å². The van der Waals surface area contributed by atoms with Gasteiger partial charge in [0.05, 0.1) is 6.54 Å². The number of nitrogens with one attached hydrogen (secondary N) is 2. The van der Waals surface area contributed by atoms with Crippen LogP contribution in [-0.2, 0) is 11.2 Å². The molecule has 0 saturated heterocycles. The largest absolute Gasteiger partial charge is 0.373 e. The van der Waals surface area contributed by atoms with E-state index in [-0.39, 0.29) is 0 Å². The Balaban J connectivity index is 1.92. The van der Waals surface area contributed by atoms with Crippen molar-refractivity contribution in [3.05, 3.63) is 29.8 Å². The molecule has 1 heterocycles. The van der Waals surface area contributed by atoms with Crippen molar-refractivity contribution >= 4 is 11.6 Å². The van der Waals surface area contributed by atoms with Gasteiger partial charge in [-0.2, -0.15) is 8.78 Å². The average molecular weight is 290 g/mol. The molecule has 0 aliphatic carbocycles. The Labute approximate surface area is 113 Å². The lowest BCUT2D eigenvalue weighted by atomic mass is 9.98. The molecule has 3 nitrogen and oxygen atoms in total. The van der Waals surface area contributed by atoms with E-state index in [1.165, 1.54) is 0 Å². The predicted octanol–water partition coefficient (Wildman–Crippen LogP) is 2.43. The molecule has 0 bridgehead atoms.